The summed E-state index contributed by atoms with van der Waals surface area (Å²) in [5.41, 5.74) is -1.12. The average Bonchev–Trinajstić information content (AvgIpc) is 2.95. The molecule has 1 amide bonds. The van der Waals surface area contributed by atoms with Crippen molar-refractivity contribution in [2.45, 2.75) is 30.4 Å². The zero-order valence-electron chi connectivity index (χ0n) is 10.3. The molecule has 0 bridgehead atoms. The number of hydrogen-bond donors (Lipinski definition) is 1. The van der Waals surface area contributed by atoms with E-state index < -0.39 is 11.5 Å². The third-order valence-electron chi connectivity index (χ3n) is 3.34. The lowest BCUT2D eigenvalue weighted by molar-refractivity contribution is -0.147. The van der Waals surface area contributed by atoms with Gasteiger partial charge < -0.3 is 14.4 Å². The molecule has 6 heteroatoms. The maximum absolute atomic E-state index is 12.3. The van der Waals surface area contributed by atoms with E-state index in [0.29, 0.717) is 24.5 Å². The molecular formula is C12H15NO4S. The minimum Gasteiger partial charge on any atom is -0.480 e. The molecule has 0 spiro atoms. The smallest absolute Gasteiger partial charge is 0.329 e. The molecule has 1 atom stereocenters. The van der Waals surface area contributed by atoms with Crippen LogP contribution in [-0.2, 0) is 4.79 Å². The number of amides is 1. The Labute approximate surface area is 109 Å². The predicted octanol–water partition coefficient (Wildman–Crippen LogP) is 2.08. The lowest BCUT2D eigenvalue weighted by Gasteiger charge is -2.30. The first-order valence-corrected chi connectivity index (χ1v) is 6.90. The van der Waals surface area contributed by atoms with E-state index in [4.69, 9.17) is 4.42 Å². The number of carbonyl (C=O) groups excluding carboxylic acids is 1. The first-order chi connectivity index (χ1) is 8.49. The summed E-state index contributed by atoms with van der Waals surface area (Å²) in [7, 11) is 0. The largest absolute Gasteiger partial charge is 0.480 e. The fourth-order valence-electron chi connectivity index (χ4n) is 2.19. The van der Waals surface area contributed by atoms with E-state index in [-0.39, 0.29) is 11.7 Å². The molecule has 1 aliphatic heterocycles. The number of furan rings is 1. The van der Waals surface area contributed by atoms with Crippen LogP contribution < -0.4 is 0 Å². The number of rotatable bonds is 3. The molecule has 0 aromatic carbocycles. The minimum absolute atomic E-state index is 0.203. The quantitative estimate of drug-likeness (QED) is 0.851. The van der Waals surface area contributed by atoms with Crippen LogP contribution >= 0.6 is 11.8 Å². The van der Waals surface area contributed by atoms with Gasteiger partial charge in [-0.2, -0.15) is 0 Å². The van der Waals surface area contributed by atoms with Crippen molar-refractivity contribution in [2.24, 2.45) is 0 Å². The van der Waals surface area contributed by atoms with Crippen LogP contribution in [0.3, 0.4) is 0 Å². The van der Waals surface area contributed by atoms with Gasteiger partial charge in [-0.25, -0.2) is 4.79 Å². The van der Waals surface area contributed by atoms with Gasteiger partial charge in [0.05, 0.1) is 0 Å². The number of carboxylic acid groups (broad SMARTS) is 1. The molecule has 1 aliphatic rings. The summed E-state index contributed by atoms with van der Waals surface area (Å²) in [5.74, 6) is -1.11. The Kier molecular flexibility index (Phi) is 3.38. The van der Waals surface area contributed by atoms with Gasteiger partial charge in [0.25, 0.3) is 5.91 Å². The first-order valence-electron chi connectivity index (χ1n) is 5.68. The van der Waals surface area contributed by atoms with Gasteiger partial charge in [0, 0.05) is 6.54 Å². The van der Waals surface area contributed by atoms with Gasteiger partial charge in [-0.1, -0.05) is 11.8 Å². The molecule has 2 rings (SSSR count). The van der Waals surface area contributed by atoms with Crippen molar-refractivity contribution in [3.8, 4) is 0 Å². The number of hydrogen-bond acceptors (Lipinski definition) is 4. The Hall–Kier alpha value is -1.43. The second kappa shape index (κ2) is 4.68. The summed E-state index contributed by atoms with van der Waals surface area (Å²) in [6.07, 6.45) is 3.03. The van der Waals surface area contributed by atoms with Gasteiger partial charge in [0.2, 0.25) is 0 Å². The van der Waals surface area contributed by atoms with Gasteiger partial charge >= 0.3 is 5.97 Å². The Morgan fingerprint density at radius 3 is 2.78 bits per heavy atom. The van der Waals surface area contributed by atoms with E-state index in [1.807, 2.05) is 6.26 Å². The molecule has 1 aromatic rings. The SMILES string of the molecule is CSc1ccc(C(=O)N2CCCC2(C)C(=O)O)o1. The third kappa shape index (κ3) is 2.01. The highest BCUT2D eigenvalue weighted by molar-refractivity contribution is 7.98. The number of carboxylic acids is 1. The summed E-state index contributed by atoms with van der Waals surface area (Å²) in [5, 5.41) is 9.91. The lowest BCUT2D eigenvalue weighted by atomic mass is 9.99. The maximum Gasteiger partial charge on any atom is 0.329 e. The van der Waals surface area contributed by atoms with E-state index in [0.717, 1.165) is 0 Å². The number of thioether (sulfide) groups is 1. The van der Waals surface area contributed by atoms with Gasteiger partial charge in [-0.15, -0.1) is 0 Å². The average molecular weight is 269 g/mol. The Bertz CT molecular complexity index is 484. The third-order valence-corrected chi connectivity index (χ3v) is 3.96. The van der Waals surface area contributed by atoms with Crippen LogP contribution in [0.25, 0.3) is 0 Å². The van der Waals surface area contributed by atoms with Crippen molar-refractivity contribution in [1.29, 1.82) is 0 Å². The van der Waals surface area contributed by atoms with E-state index in [1.165, 1.54) is 16.7 Å². The standard InChI is InChI=1S/C12H15NO4S/c1-12(11(15)16)6-3-7-13(12)10(14)8-4-5-9(17-8)18-2/h4-5H,3,6-7H2,1-2H3,(H,15,16). The van der Waals surface area contributed by atoms with Crippen molar-refractivity contribution in [3.63, 3.8) is 0 Å². The normalized spacial score (nSPS) is 23.3. The first kappa shape index (κ1) is 13.0. The van der Waals surface area contributed by atoms with Crippen molar-refractivity contribution in [1.82, 2.24) is 4.90 Å². The number of nitrogens with zero attached hydrogens (tertiary/aromatic N) is 1. The van der Waals surface area contributed by atoms with Crippen molar-refractivity contribution in [2.75, 3.05) is 12.8 Å². The molecule has 2 heterocycles. The zero-order chi connectivity index (χ0) is 13.3. The molecule has 98 valence electrons. The molecule has 5 nitrogen and oxygen atoms in total. The number of likely N-dealkylation sites (tertiary alicyclic amines) is 1. The van der Waals surface area contributed by atoms with Gasteiger partial charge in [-0.3, -0.25) is 4.79 Å². The summed E-state index contributed by atoms with van der Waals surface area (Å²) in [6, 6.07) is 3.31. The topological polar surface area (TPSA) is 70.8 Å². The summed E-state index contributed by atoms with van der Waals surface area (Å²) < 4.78 is 5.36. The van der Waals surface area contributed by atoms with Crippen LogP contribution in [0.15, 0.2) is 21.6 Å². The van der Waals surface area contributed by atoms with Crippen LogP contribution in [0.2, 0.25) is 0 Å². The highest BCUT2D eigenvalue weighted by atomic mass is 32.2. The predicted molar refractivity (Wildman–Crippen MR) is 66.8 cm³/mol. The molecule has 1 N–H and O–H groups in total. The van der Waals surface area contributed by atoms with Crippen molar-refractivity contribution >= 4 is 23.6 Å². The number of carbonyl (C=O) groups is 2. The second-order valence-corrected chi connectivity index (χ2v) is 5.27. The van der Waals surface area contributed by atoms with E-state index in [9.17, 15) is 14.7 Å². The fourth-order valence-corrected chi connectivity index (χ4v) is 2.57. The molecule has 1 aromatic heterocycles. The van der Waals surface area contributed by atoms with Crippen molar-refractivity contribution in [3.05, 3.63) is 17.9 Å². The van der Waals surface area contributed by atoms with E-state index >= 15 is 0 Å². The molecule has 18 heavy (non-hydrogen) atoms. The lowest BCUT2D eigenvalue weighted by Crippen LogP contribution is -2.50. The van der Waals surface area contributed by atoms with Crippen LogP contribution in [0.5, 0.6) is 0 Å². The molecule has 1 fully saturated rings. The molecule has 0 radical (unpaired) electrons. The summed E-state index contributed by atoms with van der Waals surface area (Å²) in [6.45, 7) is 2.04. The summed E-state index contributed by atoms with van der Waals surface area (Å²) in [4.78, 5) is 24.9. The second-order valence-electron chi connectivity index (χ2n) is 4.46. The van der Waals surface area contributed by atoms with E-state index in [1.54, 1.807) is 19.1 Å². The highest BCUT2D eigenvalue weighted by Gasteiger charge is 2.46. The molecular weight excluding hydrogens is 254 g/mol. The number of aliphatic carboxylic acids is 1. The van der Waals surface area contributed by atoms with E-state index in [2.05, 4.69) is 0 Å². The molecule has 1 saturated heterocycles. The van der Waals surface area contributed by atoms with Crippen LogP contribution in [-0.4, -0.2) is 40.2 Å². The van der Waals surface area contributed by atoms with Crippen molar-refractivity contribution < 1.29 is 19.1 Å². The van der Waals surface area contributed by atoms with Crippen LogP contribution in [0.1, 0.15) is 30.3 Å². The summed E-state index contributed by atoms with van der Waals surface area (Å²) >= 11 is 1.40. The Balaban J connectivity index is 2.25. The van der Waals surface area contributed by atoms with Crippen LogP contribution in [0, 0.1) is 0 Å². The minimum atomic E-state index is -1.12. The Morgan fingerprint density at radius 2 is 2.22 bits per heavy atom. The molecule has 1 unspecified atom stereocenters. The highest BCUT2D eigenvalue weighted by Crippen LogP contribution is 2.31. The monoisotopic (exact) mass is 269 g/mol. The molecule has 0 aliphatic carbocycles. The van der Waals surface area contributed by atoms with Crippen LogP contribution in [0.4, 0.5) is 0 Å². The van der Waals surface area contributed by atoms with Gasteiger partial charge in [0.1, 0.15) is 5.54 Å². The molecule has 0 saturated carbocycles. The van der Waals surface area contributed by atoms with Gasteiger partial charge in [0.15, 0.2) is 10.9 Å². The maximum atomic E-state index is 12.3. The fraction of sp³-hybridized carbons (Fsp3) is 0.500. The van der Waals surface area contributed by atoms with Gasteiger partial charge in [-0.05, 0) is 38.2 Å². The zero-order valence-corrected chi connectivity index (χ0v) is 11.1. The Morgan fingerprint density at radius 1 is 1.50 bits per heavy atom.